The van der Waals surface area contributed by atoms with Crippen LogP contribution in [0.15, 0.2) is 0 Å². The first-order valence-electron chi connectivity index (χ1n) is 4.64. The van der Waals surface area contributed by atoms with Gasteiger partial charge < -0.3 is 0 Å². The Labute approximate surface area is 79.7 Å². The molecular weight excluding hydrogens is 186 g/mol. The molecule has 0 aromatic rings. The van der Waals surface area contributed by atoms with Crippen LogP contribution in [0.2, 0.25) is 0 Å². The molecule has 0 heterocycles. The SMILES string of the molecule is CS(=O)(=O)C(C#N)C1CCCCC1. The standard InChI is InChI=1S/C9H15NO2S/c1-13(11,12)9(7-10)8-5-3-2-4-6-8/h8-9H,2-6H2,1H3. The summed E-state index contributed by atoms with van der Waals surface area (Å²) >= 11 is 0. The van der Waals surface area contributed by atoms with E-state index in [9.17, 15) is 8.42 Å². The fourth-order valence-corrected chi connectivity index (χ4v) is 3.15. The number of rotatable bonds is 2. The van der Waals surface area contributed by atoms with Crippen molar-refractivity contribution < 1.29 is 8.42 Å². The van der Waals surface area contributed by atoms with Crippen molar-refractivity contribution in [2.24, 2.45) is 5.92 Å². The second-order valence-electron chi connectivity index (χ2n) is 3.78. The molecule has 0 radical (unpaired) electrons. The smallest absolute Gasteiger partial charge is 0.163 e. The Morgan fingerprint density at radius 3 is 2.23 bits per heavy atom. The lowest BCUT2D eigenvalue weighted by molar-refractivity contribution is 0.363. The summed E-state index contributed by atoms with van der Waals surface area (Å²) in [5, 5.41) is 8.01. The molecular formula is C9H15NO2S. The maximum Gasteiger partial charge on any atom is 0.163 e. The number of hydrogen-bond donors (Lipinski definition) is 0. The van der Waals surface area contributed by atoms with Crippen LogP contribution in [0.1, 0.15) is 32.1 Å². The van der Waals surface area contributed by atoms with E-state index < -0.39 is 15.1 Å². The summed E-state index contributed by atoms with van der Waals surface area (Å²) < 4.78 is 22.5. The fraction of sp³-hybridized carbons (Fsp3) is 0.889. The van der Waals surface area contributed by atoms with E-state index in [0.717, 1.165) is 31.9 Å². The van der Waals surface area contributed by atoms with Gasteiger partial charge in [-0.1, -0.05) is 19.3 Å². The van der Waals surface area contributed by atoms with Gasteiger partial charge in [-0.15, -0.1) is 0 Å². The van der Waals surface area contributed by atoms with Gasteiger partial charge in [0.15, 0.2) is 15.1 Å². The van der Waals surface area contributed by atoms with Crippen molar-refractivity contribution in [2.75, 3.05) is 6.26 Å². The van der Waals surface area contributed by atoms with Crippen LogP contribution >= 0.6 is 0 Å². The minimum atomic E-state index is -3.18. The summed E-state index contributed by atoms with van der Waals surface area (Å²) in [6.07, 6.45) is 6.27. The van der Waals surface area contributed by atoms with Gasteiger partial charge in [0.1, 0.15) is 0 Å². The molecule has 0 spiro atoms. The van der Waals surface area contributed by atoms with E-state index in [2.05, 4.69) is 0 Å². The van der Waals surface area contributed by atoms with Crippen molar-refractivity contribution in [3.8, 4) is 6.07 Å². The summed E-state index contributed by atoms with van der Waals surface area (Å²) in [4.78, 5) is 0. The molecule has 4 heteroatoms. The van der Waals surface area contributed by atoms with Crippen LogP contribution in [0.4, 0.5) is 0 Å². The molecule has 0 amide bonds. The Kier molecular flexibility index (Phi) is 3.32. The molecule has 1 fully saturated rings. The highest BCUT2D eigenvalue weighted by Crippen LogP contribution is 2.29. The molecule has 0 N–H and O–H groups in total. The van der Waals surface area contributed by atoms with Gasteiger partial charge in [-0.2, -0.15) is 5.26 Å². The summed E-state index contributed by atoms with van der Waals surface area (Å²) in [7, 11) is -3.18. The third-order valence-electron chi connectivity index (χ3n) is 2.67. The van der Waals surface area contributed by atoms with Gasteiger partial charge in [-0.05, 0) is 18.8 Å². The Hall–Kier alpha value is -0.560. The fourth-order valence-electron chi connectivity index (χ4n) is 1.99. The van der Waals surface area contributed by atoms with Gasteiger partial charge in [0.05, 0.1) is 6.07 Å². The zero-order valence-electron chi connectivity index (χ0n) is 7.86. The third kappa shape index (κ3) is 2.70. The quantitative estimate of drug-likeness (QED) is 0.680. The second-order valence-corrected chi connectivity index (χ2v) is 5.94. The Morgan fingerprint density at radius 2 is 1.85 bits per heavy atom. The van der Waals surface area contributed by atoms with Crippen LogP contribution in [0, 0.1) is 17.2 Å². The molecule has 1 unspecified atom stereocenters. The summed E-state index contributed by atoms with van der Waals surface area (Å²) in [5.41, 5.74) is 0. The van der Waals surface area contributed by atoms with Crippen LogP contribution in [-0.4, -0.2) is 19.9 Å². The van der Waals surface area contributed by atoms with Gasteiger partial charge in [0.2, 0.25) is 0 Å². The zero-order chi connectivity index (χ0) is 9.90. The molecule has 0 aliphatic heterocycles. The van der Waals surface area contributed by atoms with Gasteiger partial charge >= 0.3 is 0 Å². The highest BCUT2D eigenvalue weighted by atomic mass is 32.2. The molecule has 0 saturated heterocycles. The van der Waals surface area contributed by atoms with Crippen LogP contribution in [0.5, 0.6) is 0 Å². The van der Waals surface area contributed by atoms with E-state index in [1.807, 2.05) is 6.07 Å². The van der Waals surface area contributed by atoms with E-state index in [0.29, 0.717) is 0 Å². The second kappa shape index (κ2) is 4.10. The number of hydrogen-bond acceptors (Lipinski definition) is 3. The topological polar surface area (TPSA) is 57.9 Å². The van der Waals surface area contributed by atoms with E-state index in [-0.39, 0.29) is 5.92 Å². The lowest BCUT2D eigenvalue weighted by Crippen LogP contribution is -2.29. The van der Waals surface area contributed by atoms with Crippen LogP contribution < -0.4 is 0 Å². The zero-order valence-corrected chi connectivity index (χ0v) is 8.68. The summed E-state index contributed by atoms with van der Waals surface area (Å²) in [6.45, 7) is 0. The normalized spacial score (nSPS) is 22.2. The number of nitrogens with zero attached hydrogens (tertiary/aromatic N) is 1. The monoisotopic (exact) mass is 201 g/mol. The van der Waals surface area contributed by atoms with Gasteiger partial charge in [-0.25, -0.2) is 8.42 Å². The van der Waals surface area contributed by atoms with Crippen molar-refractivity contribution >= 4 is 9.84 Å². The first kappa shape index (κ1) is 10.5. The largest absolute Gasteiger partial charge is 0.228 e. The molecule has 1 aliphatic rings. The van der Waals surface area contributed by atoms with Crippen molar-refractivity contribution in [3.63, 3.8) is 0 Å². The first-order valence-corrected chi connectivity index (χ1v) is 6.59. The molecule has 1 aliphatic carbocycles. The Morgan fingerprint density at radius 1 is 1.31 bits per heavy atom. The predicted octanol–water partition coefficient (Wildman–Crippen LogP) is 1.50. The van der Waals surface area contributed by atoms with Crippen LogP contribution in [0.25, 0.3) is 0 Å². The number of nitriles is 1. The van der Waals surface area contributed by atoms with Crippen molar-refractivity contribution in [2.45, 2.75) is 37.4 Å². The maximum atomic E-state index is 11.2. The molecule has 3 nitrogen and oxygen atoms in total. The third-order valence-corrected chi connectivity index (χ3v) is 4.08. The van der Waals surface area contributed by atoms with E-state index >= 15 is 0 Å². The molecule has 1 saturated carbocycles. The molecule has 0 bridgehead atoms. The summed E-state index contributed by atoms with van der Waals surface area (Å²) in [6, 6.07) is 1.92. The highest BCUT2D eigenvalue weighted by molar-refractivity contribution is 7.91. The first-order chi connectivity index (χ1) is 6.05. The van der Waals surface area contributed by atoms with E-state index in [1.54, 1.807) is 0 Å². The highest BCUT2D eigenvalue weighted by Gasteiger charge is 2.30. The van der Waals surface area contributed by atoms with E-state index in [1.165, 1.54) is 6.42 Å². The molecule has 1 rings (SSSR count). The van der Waals surface area contributed by atoms with Crippen molar-refractivity contribution in [3.05, 3.63) is 0 Å². The minimum absolute atomic E-state index is 0.0775. The van der Waals surface area contributed by atoms with Crippen molar-refractivity contribution in [1.29, 1.82) is 5.26 Å². The van der Waals surface area contributed by atoms with Gasteiger partial charge in [-0.3, -0.25) is 0 Å². The average Bonchev–Trinajstić information content (AvgIpc) is 2.05. The molecule has 0 aromatic heterocycles. The molecule has 13 heavy (non-hydrogen) atoms. The predicted molar refractivity (Wildman–Crippen MR) is 50.8 cm³/mol. The van der Waals surface area contributed by atoms with Gasteiger partial charge in [0.25, 0.3) is 0 Å². The lowest BCUT2D eigenvalue weighted by atomic mass is 9.87. The van der Waals surface area contributed by atoms with Crippen LogP contribution in [0.3, 0.4) is 0 Å². The van der Waals surface area contributed by atoms with Crippen LogP contribution in [-0.2, 0) is 9.84 Å². The lowest BCUT2D eigenvalue weighted by Gasteiger charge is -2.24. The Balaban J connectivity index is 2.73. The van der Waals surface area contributed by atoms with E-state index in [4.69, 9.17) is 5.26 Å². The summed E-state index contributed by atoms with van der Waals surface area (Å²) in [5.74, 6) is 0.0775. The van der Waals surface area contributed by atoms with Gasteiger partial charge in [0, 0.05) is 6.26 Å². The molecule has 74 valence electrons. The minimum Gasteiger partial charge on any atom is -0.228 e. The number of sulfone groups is 1. The molecule has 0 aromatic carbocycles. The van der Waals surface area contributed by atoms with Crippen molar-refractivity contribution in [1.82, 2.24) is 0 Å². The molecule has 1 atom stereocenters. The Bertz CT molecular complexity index is 296. The average molecular weight is 201 g/mol. The maximum absolute atomic E-state index is 11.2.